The molecule has 0 aliphatic rings. The first-order chi connectivity index (χ1) is 20.9. The van der Waals surface area contributed by atoms with Crippen molar-refractivity contribution in [2.45, 2.75) is 4.90 Å². The number of benzene rings is 4. The number of para-hydroxylation sites is 1. The van der Waals surface area contributed by atoms with Gasteiger partial charge in [0.25, 0.3) is 11.8 Å². The molecule has 214 valence electrons. The molecule has 3 amide bonds. The fourth-order valence-electron chi connectivity index (χ4n) is 4.00. The summed E-state index contributed by atoms with van der Waals surface area (Å²) < 4.78 is 5.94. The number of furan rings is 1. The second-order valence-corrected chi connectivity index (χ2v) is 10.7. The predicted molar refractivity (Wildman–Crippen MR) is 172 cm³/mol. The summed E-state index contributed by atoms with van der Waals surface area (Å²) in [6.45, 7) is 0. The summed E-state index contributed by atoms with van der Waals surface area (Å²) in [5.74, 6) is 0.0744. The van der Waals surface area contributed by atoms with E-state index >= 15 is 0 Å². The number of thioether (sulfide) groups is 1. The SMILES string of the molecule is O=C(CSc1ccc(NC(=O)/C(=C/c2ccc(-c3ccccc3)o2)NC(=O)c2ccccc2)cc1)Nc1ccccc1Cl. The van der Waals surface area contributed by atoms with Gasteiger partial charge in [-0.2, -0.15) is 0 Å². The van der Waals surface area contributed by atoms with Crippen molar-refractivity contribution in [2.75, 3.05) is 16.4 Å². The van der Waals surface area contributed by atoms with E-state index in [1.165, 1.54) is 17.8 Å². The van der Waals surface area contributed by atoms with Gasteiger partial charge in [0, 0.05) is 27.8 Å². The van der Waals surface area contributed by atoms with E-state index in [9.17, 15) is 14.4 Å². The molecule has 5 rings (SSSR count). The molecule has 4 aromatic carbocycles. The lowest BCUT2D eigenvalue weighted by Gasteiger charge is -2.11. The number of carbonyl (C=O) groups excluding carboxylic acids is 3. The molecule has 1 aromatic heterocycles. The standard InChI is InChI=1S/C34H26ClN3O4S/c35-28-13-7-8-14-29(28)37-32(39)22-43-27-18-15-25(16-19-27)36-34(41)30(38-33(40)24-11-5-2-6-12-24)21-26-17-20-31(42-26)23-9-3-1-4-10-23/h1-21H,22H2,(H,36,41)(H,37,39)(H,38,40)/b30-21-. The number of hydrogen-bond donors (Lipinski definition) is 3. The lowest BCUT2D eigenvalue weighted by Crippen LogP contribution is -2.30. The molecular weight excluding hydrogens is 582 g/mol. The van der Waals surface area contributed by atoms with Crippen LogP contribution in [0.15, 0.2) is 136 Å². The average Bonchev–Trinajstić information content (AvgIpc) is 3.51. The van der Waals surface area contributed by atoms with Crippen LogP contribution in [0.4, 0.5) is 11.4 Å². The zero-order valence-corrected chi connectivity index (χ0v) is 24.3. The molecule has 7 nitrogen and oxygen atoms in total. The Morgan fingerprint density at radius 3 is 2.14 bits per heavy atom. The van der Waals surface area contributed by atoms with Crippen LogP contribution in [0, 0.1) is 0 Å². The van der Waals surface area contributed by atoms with Crippen molar-refractivity contribution in [1.82, 2.24) is 5.32 Å². The highest BCUT2D eigenvalue weighted by Gasteiger charge is 2.16. The summed E-state index contributed by atoms with van der Waals surface area (Å²) in [6.07, 6.45) is 1.49. The smallest absolute Gasteiger partial charge is 0.272 e. The van der Waals surface area contributed by atoms with Gasteiger partial charge < -0.3 is 20.4 Å². The van der Waals surface area contributed by atoms with Gasteiger partial charge in [0.2, 0.25) is 5.91 Å². The van der Waals surface area contributed by atoms with E-state index in [0.717, 1.165) is 10.5 Å². The van der Waals surface area contributed by atoms with Gasteiger partial charge in [0.1, 0.15) is 17.2 Å². The Morgan fingerprint density at radius 1 is 0.744 bits per heavy atom. The Hall–Kier alpha value is -5.05. The van der Waals surface area contributed by atoms with Gasteiger partial charge >= 0.3 is 0 Å². The van der Waals surface area contributed by atoms with Gasteiger partial charge in [-0.05, 0) is 60.7 Å². The highest BCUT2D eigenvalue weighted by atomic mass is 35.5. The van der Waals surface area contributed by atoms with E-state index in [2.05, 4.69) is 16.0 Å². The second kappa shape index (κ2) is 14.2. The van der Waals surface area contributed by atoms with Gasteiger partial charge in [-0.15, -0.1) is 11.8 Å². The summed E-state index contributed by atoms with van der Waals surface area (Å²) in [7, 11) is 0. The lowest BCUT2D eigenvalue weighted by atomic mass is 10.2. The molecule has 0 radical (unpaired) electrons. The Labute approximate surface area is 258 Å². The van der Waals surface area contributed by atoms with Crippen molar-refractivity contribution in [1.29, 1.82) is 0 Å². The van der Waals surface area contributed by atoms with Crippen molar-refractivity contribution in [2.24, 2.45) is 0 Å². The Balaban J connectivity index is 1.26. The average molecular weight is 608 g/mol. The van der Waals surface area contributed by atoms with Crippen LogP contribution in [0.3, 0.4) is 0 Å². The first-order valence-corrected chi connectivity index (χ1v) is 14.6. The molecular formula is C34H26ClN3O4S. The van der Waals surface area contributed by atoms with Crippen LogP contribution in [0.5, 0.6) is 0 Å². The van der Waals surface area contributed by atoms with Gasteiger partial charge in [-0.1, -0.05) is 72.3 Å². The first-order valence-electron chi connectivity index (χ1n) is 13.3. The molecule has 0 saturated heterocycles. The summed E-state index contributed by atoms with van der Waals surface area (Å²) in [5.41, 5.74) is 2.38. The van der Waals surface area contributed by atoms with Crippen molar-refractivity contribution in [3.05, 3.63) is 143 Å². The minimum absolute atomic E-state index is 0.0116. The maximum Gasteiger partial charge on any atom is 0.272 e. The minimum Gasteiger partial charge on any atom is -0.457 e. The van der Waals surface area contributed by atoms with Crippen LogP contribution >= 0.6 is 23.4 Å². The van der Waals surface area contributed by atoms with Crippen LogP contribution in [0.25, 0.3) is 17.4 Å². The molecule has 9 heteroatoms. The molecule has 0 unspecified atom stereocenters. The molecule has 43 heavy (non-hydrogen) atoms. The highest BCUT2D eigenvalue weighted by Crippen LogP contribution is 2.25. The van der Waals surface area contributed by atoms with Gasteiger partial charge in [0.05, 0.1) is 16.5 Å². The number of nitrogens with one attached hydrogen (secondary N) is 3. The lowest BCUT2D eigenvalue weighted by molar-refractivity contribution is -0.114. The third-order valence-corrected chi connectivity index (χ3v) is 7.47. The molecule has 3 N–H and O–H groups in total. The van der Waals surface area contributed by atoms with Crippen LogP contribution < -0.4 is 16.0 Å². The van der Waals surface area contributed by atoms with E-state index in [4.69, 9.17) is 16.0 Å². The van der Waals surface area contributed by atoms with Gasteiger partial charge in [-0.3, -0.25) is 14.4 Å². The zero-order chi connectivity index (χ0) is 30.0. The number of anilines is 2. The van der Waals surface area contributed by atoms with Crippen molar-refractivity contribution >= 4 is 58.5 Å². The molecule has 0 aliphatic carbocycles. The molecule has 0 fully saturated rings. The maximum atomic E-state index is 13.4. The quantitative estimate of drug-likeness (QED) is 0.111. The van der Waals surface area contributed by atoms with Crippen molar-refractivity contribution in [3.63, 3.8) is 0 Å². The molecule has 1 heterocycles. The molecule has 0 aliphatic heterocycles. The van der Waals surface area contributed by atoms with E-state index < -0.39 is 11.8 Å². The Bertz CT molecular complexity index is 1750. The third kappa shape index (κ3) is 8.25. The topological polar surface area (TPSA) is 100 Å². The van der Waals surface area contributed by atoms with Crippen molar-refractivity contribution < 1.29 is 18.8 Å². The third-order valence-electron chi connectivity index (χ3n) is 6.13. The summed E-state index contributed by atoms with van der Waals surface area (Å²) in [4.78, 5) is 39.5. The Morgan fingerprint density at radius 2 is 1.42 bits per heavy atom. The van der Waals surface area contributed by atoms with E-state index in [1.54, 1.807) is 84.9 Å². The number of hydrogen-bond acceptors (Lipinski definition) is 5. The maximum absolute atomic E-state index is 13.4. The number of carbonyl (C=O) groups is 3. The normalized spacial score (nSPS) is 11.0. The van der Waals surface area contributed by atoms with Crippen LogP contribution in [-0.2, 0) is 9.59 Å². The highest BCUT2D eigenvalue weighted by molar-refractivity contribution is 8.00. The van der Waals surface area contributed by atoms with Gasteiger partial charge in [-0.25, -0.2) is 0 Å². The fourth-order valence-corrected chi connectivity index (χ4v) is 4.88. The van der Waals surface area contributed by atoms with Crippen molar-refractivity contribution in [3.8, 4) is 11.3 Å². The minimum atomic E-state index is -0.526. The molecule has 0 bridgehead atoms. The number of rotatable bonds is 10. The van der Waals surface area contributed by atoms with E-state index in [-0.39, 0.29) is 17.4 Å². The summed E-state index contributed by atoms with van der Waals surface area (Å²) in [5, 5.41) is 8.79. The molecule has 0 atom stereocenters. The Kier molecular flexibility index (Phi) is 9.74. The molecule has 5 aromatic rings. The second-order valence-electron chi connectivity index (χ2n) is 9.24. The number of amides is 3. The van der Waals surface area contributed by atoms with Crippen LogP contribution in [-0.4, -0.2) is 23.5 Å². The van der Waals surface area contributed by atoms with E-state index in [0.29, 0.717) is 33.5 Å². The molecule has 0 saturated carbocycles. The zero-order valence-electron chi connectivity index (χ0n) is 22.8. The first kappa shape index (κ1) is 29.4. The largest absolute Gasteiger partial charge is 0.457 e. The summed E-state index contributed by atoms with van der Waals surface area (Å²) >= 11 is 7.46. The summed E-state index contributed by atoms with van der Waals surface area (Å²) in [6, 6.07) is 35.8. The number of halogens is 1. The van der Waals surface area contributed by atoms with Crippen LogP contribution in [0.2, 0.25) is 5.02 Å². The fraction of sp³-hybridized carbons (Fsp3) is 0.0294. The van der Waals surface area contributed by atoms with Crippen LogP contribution in [0.1, 0.15) is 16.1 Å². The predicted octanol–water partition coefficient (Wildman–Crippen LogP) is 7.74. The molecule has 0 spiro atoms. The van der Waals surface area contributed by atoms with Gasteiger partial charge in [0.15, 0.2) is 0 Å². The van der Waals surface area contributed by atoms with E-state index in [1.807, 2.05) is 36.4 Å². The monoisotopic (exact) mass is 607 g/mol.